The first kappa shape index (κ1) is 38.8. The molecule has 2 fully saturated rings. The van der Waals surface area contributed by atoms with Crippen LogP contribution in [0.3, 0.4) is 0 Å². The molecule has 2 aliphatic rings. The number of amides is 4. The number of nitrogens with zero attached hydrogens (tertiary/aromatic N) is 4. The number of nitrogens with one attached hydrogen (secondary N) is 2. The van der Waals surface area contributed by atoms with Crippen LogP contribution in [-0.2, 0) is 36.7 Å². The highest BCUT2D eigenvalue weighted by Gasteiger charge is 2.39. The lowest BCUT2D eigenvalue weighted by atomic mass is 9.83. The van der Waals surface area contributed by atoms with Gasteiger partial charge in [0.25, 0.3) is 11.8 Å². The summed E-state index contributed by atoms with van der Waals surface area (Å²) in [7, 11) is 2.94. The number of benzene rings is 1. The number of hydrogen-bond donors (Lipinski definition) is 3. The average Bonchev–Trinajstić information content (AvgIpc) is 3.82. The minimum atomic E-state index is -1.29. The average molecular weight is 697 g/mol. The van der Waals surface area contributed by atoms with Gasteiger partial charge >= 0.3 is 6.09 Å². The van der Waals surface area contributed by atoms with Crippen LogP contribution in [0.25, 0.3) is 0 Å². The lowest BCUT2D eigenvalue weighted by Gasteiger charge is -2.35. The molecule has 0 spiro atoms. The van der Waals surface area contributed by atoms with Crippen LogP contribution in [0, 0.1) is 11.8 Å². The molecule has 4 rings (SSSR count). The van der Waals surface area contributed by atoms with E-state index in [4.69, 9.17) is 9.47 Å². The Morgan fingerprint density at radius 3 is 2.40 bits per heavy atom. The van der Waals surface area contributed by atoms with E-state index in [-0.39, 0.29) is 31.9 Å². The third-order valence-corrected chi connectivity index (χ3v) is 9.81. The first-order valence-corrected chi connectivity index (χ1v) is 18.1. The summed E-state index contributed by atoms with van der Waals surface area (Å²) in [6, 6.07) is 7.72. The summed E-state index contributed by atoms with van der Waals surface area (Å²) in [5.74, 6) is -0.550. The second kappa shape index (κ2) is 19.4. The number of carbonyl (C=O) groups excluding carboxylic acids is 4. The van der Waals surface area contributed by atoms with Crippen LogP contribution < -0.4 is 5.32 Å². The molecule has 3 N–H and O–H groups in total. The van der Waals surface area contributed by atoms with Crippen LogP contribution in [0.2, 0.25) is 0 Å². The van der Waals surface area contributed by atoms with Crippen LogP contribution in [0.5, 0.6) is 0 Å². The molecule has 4 atom stereocenters. The second-order valence-corrected chi connectivity index (χ2v) is 14.1. The molecule has 1 aliphatic heterocycles. The van der Waals surface area contributed by atoms with Crippen molar-refractivity contribution in [2.75, 3.05) is 33.9 Å². The van der Waals surface area contributed by atoms with Crippen LogP contribution in [0.15, 0.2) is 42.9 Å². The van der Waals surface area contributed by atoms with Crippen molar-refractivity contribution < 1.29 is 33.8 Å². The van der Waals surface area contributed by atoms with Gasteiger partial charge in [0, 0.05) is 52.0 Å². The number of aromatic nitrogens is 2. The van der Waals surface area contributed by atoms with Gasteiger partial charge in [0.1, 0.15) is 12.6 Å². The van der Waals surface area contributed by atoms with E-state index in [2.05, 4.69) is 29.1 Å². The summed E-state index contributed by atoms with van der Waals surface area (Å²) in [4.78, 5) is 63.3. The van der Waals surface area contributed by atoms with E-state index in [1.807, 2.05) is 30.3 Å². The van der Waals surface area contributed by atoms with E-state index in [1.165, 1.54) is 41.8 Å². The van der Waals surface area contributed by atoms with E-state index in [0.29, 0.717) is 43.3 Å². The molecule has 2 aromatic rings. The Morgan fingerprint density at radius 1 is 1.02 bits per heavy atom. The van der Waals surface area contributed by atoms with E-state index in [0.717, 1.165) is 37.7 Å². The van der Waals surface area contributed by atoms with E-state index in [1.54, 1.807) is 6.20 Å². The van der Waals surface area contributed by atoms with Crippen LogP contribution in [-0.4, -0.2) is 112 Å². The van der Waals surface area contributed by atoms with E-state index < -0.39 is 42.2 Å². The Bertz CT molecular complexity index is 1350. The molecule has 13 nitrogen and oxygen atoms in total. The summed E-state index contributed by atoms with van der Waals surface area (Å²) >= 11 is 0. The van der Waals surface area contributed by atoms with Gasteiger partial charge in [0.15, 0.2) is 6.10 Å². The molecule has 0 bridgehead atoms. The number of H-pyrrole nitrogens is 1. The van der Waals surface area contributed by atoms with Crippen molar-refractivity contribution >= 4 is 23.8 Å². The zero-order valence-corrected chi connectivity index (χ0v) is 30.1. The molecule has 2 heterocycles. The van der Waals surface area contributed by atoms with Crippen LogP contribution in [0.4, 0.5) is 4.79 Å². The standard InChI is InChI=1S/C37H56N6O7/c1-26(2)16-17-32(44)30(20-27-12-7-5-8-13-27)40-35(46)31(22-29-23-38-25-39-29)41(3)36(47)33(21-28-14-9-6-10-15-28)50-37(48)43-19-11-18-42(43)34(45)24-49-4/h6,9-10,14-15,23,25-27,30-33,44H,5,7-8,11-13,16-22,24H2,1-4H3,(H,38,39)(H,40,46)/t30-,31-,32-,33-/m0/s1. The van der Waals surface area contributed by atoms with Crippen LogP contribution in [0.1, 0.15) is 82.9 Å². The van der Waals surface area contributed by atoms with Gasteiger partial charge < -0.3 is 29.8 Å². The highest BCUT2D eigenvalue weighted by molar-refractivity contribution is 5.91. The number of aliphatic hydroxyl groups excluding tert-OH is 1. The maximum absolute atomic E-state index is 14.4. The van der Waals surface area contributed by atoms with E-state index >= 15 is 0 Å². The molecular weight excluding hydrogens is 640 g/mol. The molecule has 1 aliphatic carbocycles. The molecule has 4 amide bonds. The van der Waals surface area contributed by atoms with Crippen molar-refractivity contribution in [3.8, 4) is 0 Å². The Kier molecular flexibility index (Phi) is 15.1. The lowest BCUT2D eigenvalue weighted by molar-refractivity contribution is -0.150. The van der Waals surface area contributed by atoms with Crippen molar-refractivity contribution in [2.24, 2.45) is 11.8 Å². The number of imidazole rings is 1. The van der Waals surface area contributed by atoms with Crippen molar-refractivity contribution in [2.45, 2.75) is 109 Å². The number of aromatic amines is 1. The van der Waals surface area contributed by atoms with Gasteiger partial charge in [0.2, 0.25) is 5.91 Å². The smallest absolute Gasteiger partial charge is 0.429 e. The second-order valence-electron chi connectivity index (χ2n) is 14.1. The fraction of sp³-hybridized carbons (Fsp3) is 0.649. The van der Waals surface area contributed by atoms with Gasteiger partial charge in [-0.05, 0) is 43.1 Å². The Balaban J connectivity index is 1.58. The number of methoxy groups -OCH3 is 1. The van der Waals surface area contributed by atoms with Gasteiger partial charge in [-0.2, -0.15) is 0 Å². The first-order valence-electron chi connectivity index (χ1n) is 18.1. The predicted octanol–water partition coefficient (Wildman–Crippen LogP) is 3.88. The number of hydrogen-bond acceptors (Lipinski definition) is 8. The van der Waals surface area contributed by atoms with Gasteiger partial charge in [-0.1, -0.05) is 76.3 Å². The normalized spacial score (nSPS) is 17.6. The number of carbonyl (C=O) groups is 4. The predicted molar refractivity (Wildman–Crippen MR) is 187 cm³/mol. The van der Waals surface area contributed by atoms with Gasteiger partial charge in [-0.3, -0.25) is 14.4 Å². The van der Waals surface area contributed by atoms with Gasteiger partial charge in [-0.25, -0.2) is 19.8 Å². The minimum Gasteiger partial charge on any atom is -0.434 e. The summed E-state index contributed by atoms with van der Waals surface area (Å²) in [6.45, 7) is 4.60. The van der Waals surface area contributed by atoms with Crippen LogP contribution >= 0.6 is 0 Å². The van der Waals surface area contributed by atoms with Gasteiger partial charge in [-0.15, -0.1) is 0 Å². The zero-order chi connectivity index (χ0) is 36.0. The maximum atomic E-state index is 14.4. The van der Waals surface area contributed by atoms with E-state index in [9.17, 15) is 24.3 Å². The Hall–Kier alpha value is -3.97. The topological polar surface area (TPSA) is 157 Å². The monoisotopic (exact) mass is 696 g/mol. The maximum Gasteiger partial charge on any atom is 0.429 e. The fourth-order valence-electron chi connectivity index (χ4n) is 6.92. The number of aliphatic hydroxyl groups is 1. The SMILES string of the molecule is COCC(=O)N1CCCN1C(=O)O[C@@H](Cc1ccccc1)C(=O)N(C)[C@@H](Cc1cnc[nH]1)C(=O)N[C@@H](CC1CCCCC1)[C@@H](O)CCC(C)C. The highest BCUT2D eigenvalue weighted by Crippen LogP contribution is 2.29. The quantitative estimate of drug-likeness (QED) is 0.225. The number of ether oxygens (including phenoxy) is 2. The zero-order valence-electron chi connectivity index (χ0n) is 30.1. The van der Waals surface area contributed by atoms with Crippen molar-refractivity contribution in [1.82, 2.24) is 30.2 Å². The molecule has 13 heteroatoms. The summed E-state index contributed by atoms with van der Waals surface area (Å²) in [6.07, 6.45) is 8.70. The molecule has 1 saturated heterocycles. The Labute approximate surface area is 296 Å². The number of rotatable bonds is 17. The van der Waals surface area contributed by atoms with Crippen molar-refractivity contribution in [3.63, 3.8) is 0 Å². The Morgan fingerprint density at radius 2 is 1.74 bits per heavy atom. The molecule has 1 aromatic heterocycles. The lowest BCUT2D eigenvalue weighted by Crippen LogP contribution is -2.56. The number of likely N-dealkylation sites (N-methyl/N-ethyl adjacent to an activating group) is 1. The molecule has 0 radical (unpaired) electrons. The van der Waals surface area contributed by atoms with Crippen molar-refractivity contribution in [3.05, 3.63) is 54.1 Å². The van der Waals surface area contributed by atoms with Crippen molar-refractivity contribution in [1.29, 1.82) is 0 Å². The largest absolute Gasteiger partial charge is 0.434 e. The molecule has 1 aromatic carbocycles. The molecule has 276 valence electrons. The summed E-state index contributed by atoms with van der Waals surface area (Å²) in [5, 5.41) is 17.0. The highest BCUT2D eigenvalue weighted by atomic mass is 16.6. The molecular formula is C37H56N6O7. The third-order valence-electron chi connectivity index (χ3n) is 9.81. The number of hydrazine groups is 1. The third kappa shape index (κ3) is 11.3. The molecule has 0 unspecified atom stereocenters. The minimum absolute atomic E-state index is 0.0617. The first-order chi connectivity index (χ1) is 24.1. The van der Waals surface area contributed by atoms with Gasteiger partial charge in [0.05, 0.1) is 18.5 Å². The molecule has 50 heavy (non-hydrogen) atoms. The summed E-state index contributed by atoms with van der Waals surface area (Å²) in [5.41, 5.74) is 1.41. The molecule has 1 saturated carbocycles. The fourth-order valence-corrected chi connectivity index (χ4v) is 6.92. The summed E-state index contributed by atoms with van der Waals surface area (Å²) < 4.78 is 10.9.